The molecule has 4 nitrogen and oxygen atoms in total. The number of hydrogen-bond donors (Lipinski definition) is 2. The van der Waals surface area contributed by atoms with Crippen LogP contribution in [-0.2, 0) is 6.42 Å². The monoisotopic (exact) mass is 211 g/mol. The van der Waals surface area contributed by atoms with Crippen LogP contribution in [-0.4, -0.2) is 32.9 Å². The van der Waals surface area contributed by atoms with Crippen molar-refractivity contribution in [3.8, 4) is 17.2 Å². The van der Waals surface area contributed by atoms with Crippen molar-refractivity contribution in [2.24, 2.45) is 0 Å². The van der Waals surface area contributed by atoms with E-state index in [-0.39, 0.29) is 5.75 Å². The van der Waals surface area contributed by atoms with Crippen molar-refractivity contribution in [1.29, 1.82) is 0 Å². The first-order valence-corrected chi connectivity index (χ1v) is 4.81. The van der Waals surface area contributed by atoms with E-state index in [9.17, 15) is 5.11 Å². The van der Waals surface area contributed by atoms with Gasteiger partial charge in [-0.25, -0.2) is 0 Å². The van der Waals surface area contributed by atoms with E-state index in [0.29, 0.717) is 5.75 Å². The summed E-state index contributed by atoms with van der Waals surface area (Å²) in [4.78, 5) is 0. The standard InChI is InChI=1S/C11H17NO3/c1-12-5-4-8-6-9(13)11(15-3)7-10(8)14-2/h6-7,12-13H,4-5H2,1-3H3. The fourth-order valence-corrected chi connectivity index (χ4v) is 1.40. The van der Waals surface area contributed by atoms with E-state index in [1.54, 1.807) is 19.2 Å². The van der Waals surface area contributed by atoms with Crippen molar-refractivity contribution in [2.45, 2.75) is 6.42 Å². The highest BCUT2D eigenvalue weighted by Crippen LogP contribution is 2.33. The smallest absolute Gasteiger partial charge is 0.164 e. The first kappa shape index (κ1) is 11.7. The van der Waals surface area contributed by atoms with Crippen LogP contribution in [0.2, 0.25) is 0 Å². The molecule has 15 heavy (non-hydrogen) atoms. The van der Waals surface area contributed by atoms with Crippen LogP contribution in [0.25, 0.3) is 0 Å². The van der Waals surface area contributed by atoms with Crippen molar-refractivity contribution in [3.05, 3.63) is 17.7 Å². The second kappa shape index (κ2) is 5.46. The van der Waals surface area contributed by atoms with Crippen molar-refractivity contribution in [3.63, 3.8) is 0 Å². The number of likely N-dealkylation sites (N-methyl/N-ethyl adjacent to an activating group) is 1. The lowest BCUT2D eigenvalue weighted by Gasteiger charge is -2.11. The average Bonchev–Trinajstić information content (AvgIpc) is 2.26. The number of aromatic hydroxyl groups is 1. The van der Waals surface area contributed by atoms with Crippen LogP contribution in [0.3, 0.4) is 0 Å². The second-order valence-electron chi connectivity index (χ2n) is 3.19. The molecule has 0 radical (unpaired) electrons. The molecule has 0 atom stereocenters. The van der Waals surface area contributed by atoms with Crippen molar-refractivity contribution in [1.82, 2.24) is 5.32 Å². The van der Waals surface area contributed by atoms with Crippen LogP contribution in [0.15, 0.2) is 12.1 Å². The van der Waals surface area contributed by atoms with Gasteiger partial charge < -0.3 is 19.9 Å². The Morgan fingerprint density at radius 3 is 2.40 bits per heavy atom. The van der Waals surface area contributed by atoms with Gasteiger partial charge in [0.1, 0.15) is 5.75 Å². The summed E-state index contributed by atoms with van der Waals surface area (Å²) >= 11 is 0. The first-order valence-electron chi connectivity index (χ1n) is 4.81. The van der Waals surface area contributed by atoms with Gasteiger partial charge in [-0.3, -0.25) is 0 Å². The summed E-state index contributed by atoms with van der Waals surface area (Å²) in [5, 5.41) is 12.7. The molecule has 1 rings (SSSR count). The molecule has 0 spiro atoms. The number of nitrogens with one attached hydrogen (secondary N) is 1. The van der Waals surface area contributed by atoms with E-state index in [1.165, 1.54) is 7.11 Å². The molecule has 0 fully saturated rings. The molecule has 0 aliphatic rings. The molecular formula is C11H17NO3. The third kappa shape index (κ3) is 2.76. The molecule has 4 heteroatoms. The molecule has 0 saturated carbocycles. The largest absolute Gasteiger partial charge is 0.504 e. The van der Waals surface area contributed by atoms with Gasteiger partial charge in [-0.1, -0.05) is 0 Å². The summed E-state index contributed by atoms with van der Waals surface area (Å²) in [6, 6.07) is 3.37. The molecule has 0 saturated heterocycles. The molecule has 2 N–H and O–H groups in total. The van der Waals surface area contributed by atoms with E-state index < -0.39 is 0 Å². The Balaban J connectivity index is 2.98. The lowest BCUT2D eigenvalue weighted by Crippen LogP contribution is -2.11. The predicted molar refractivity (Wildman–Crippen MR) is 58.8 cm³/mol. The van der Waals surface area contributed by atoms with Crippen LogP contribution in [0.4, 0.5) is 0 Å². The number of benzene rings is 1. The van der Waals surface area contributed by atoms with Crippen LogP contribution in [0.5, 0.6) is 17.2 Å². The summed E-state index contributed by atoms with van der Waals surface area (Å²) in [6.07, 6.45) is 0.803. The molecule has 0 aliphatic carbocycles. The Morgan fingerprint density at radius 1 is 1.20 bits per heavy atom. The summed E-state index contributed by atoms with van der Waals surface area (Å²) in [5.74, 6) is 1.31. The maximum atomic E-state index is 9.61. The van der Waals surface area contributed by atoms with E-state index in [2.05, 4.69) is 5.32 Å². The number of methoxy groups -OCH3 is 2. The molecular weight excluding hydrogens is 194 g/mol. The minimum absolute atomic E-state index is 0.143. The summed E-state index contributed by atoms with van der Waals surface area (Å²) in [6.45, 7) is 0.835. The molecule has 1 aromatic carbocycles. The van der Waals surface area contributed by atoms with Gasteiger partial charge in [0.25, 0.3) is 0 Å². The van der Waals surface area contributed by atoms with E-state index in [0.717, 1.165) is 24.3 Å². The highest BCUT2D eigenvalue weighted by Gasteiger charge is 2.09. The van der Waals surface area contributed by atoms with Gasteiger partial charge in [-0.15, -0.1) is 0 Å². The molecule has 0 unspecified atom stereocenters. The van der Waals surface area contributed by atoms with Crippen molar-refractivity contribution in [2.75, 3.05) is 27.8 Å². The van der Waals surface area contributed by atoms with Gasteiger partial charge in [0.15, 0.2) is 11.5 Å². The lowest BCUT2D eigenvalue weighted by molar-refractivity contribution is 0.362. The quantitative estimate of drug-likeness (QED) is 0.767. The van der Waals surface area contributed by atoms with Crippen molar-refractivity contribution < 1.29 is 14.6 Å². The fourth-order valence-electron chi connectivity index (χ4n) is 1.40. The predicted octanol–water partition coefficient (Wildman–Crippen LogP) is 1.17. The van der Waals surface area contributed by atoms with Crippen LogP contribution in [0, 0.1) is 0 Å². The van der Waals surface area contributed by atoms with Gasteiger partial charge in [0.05, 0.1) is 14.2 Å². The number of rotatable bonds is 5. The molecule has 1 aromatic rings. The number of ether oxygens (including phenoxy) is 2. The van der Waals surface area contributed by atoms with E-state index in [1.807, 2.05) is 7.05 Å². The van der Waals surface area contributed by atoms with E-state index >= 15 is 0 Å². The van der Waals surface area contributed by atoms with Crippen LogP contribution in [0.1, 0.15) is 5.56 Å². The zero-order valence-electron chi connectivity index (χ0n) is 9.33. The average molecular weight is 211 g/mol. The minimum atomic E-state index is 0.143. The Bertz CT molecular complexity index is 326. The van der Waals surface area contributed by atoms with Gasteiger partial charge >= 0.3 is 0 Å². The summed E-state index contributed by atoms with van der Waals surface area (Å²) in [7, 11) is 5.01. The number of phenolic OH excluding ortho intramolecular Hbond substituents is 1. The normalized spacial score (nSPS) is 10.1. The molecule has 0 aromatic heterocycles. The lowest BCUT2D eigenvalue weighted by atomic mass is 10.1. The molecule has 84 valence electrons. The number of hydrogen-bond acceptors (Lipinski definition) is 4. The molecule has 0 aliphatic heterocycles. The highest BCUT2D eigenvalue weighted by molar-refractivity contribution is 5.50. The second-order valence-corrected chi connectivity index (χ2v) is 3.19. The third-order valence-corrected chi connectivity index (χ3v) is 2.23. The van der Waals surface area contributed by atoms with Gasteiger partial charge in [0, 0.05) is 6.07 Å². The zero-order valence-corrected chi connectivity index (χ0v) is 9.33. The highest BCUT2D eigenvalue weighted by atomic mass is 16.5. The Labute approximate surface area is 89.8 Å². The fraction of sp³-hybridized carbons (Fsp3) is 0.455. The molecule has 0 amide bonds. The SMILES string of the molecule is CNCCc1cc(O)c(OC)cc1OC. The summed E-state index contributed by atoms with van der Waals surface area (Å²) < 4.78 is 10.2. The summed E-state index contributed by atoms with van der Waals surface area (Å²) in [5.41, 5.74) is 0.963. The van der Waals surface area contributed by atoms with Gasteiger partial charge in [-0.2, -0.15) is 0 Å². The topological polar surface area (TPSA) is 50.7 Å². The van der Waals surface area contributed by atoms with Crippen LogP contribution >= 0.6 is 0 Å². The van der Waals surface area contributed by atoms with Gasteiger partial charge in [-0.05, 0) is 31.6 Å². The third-order valence-electron chi connectivity index (χ3n) is 2.23. The zero-order chi connectivity index (χ0) is 11.3. The minimum Gasteiger partial charge on any atom is -0.504 e. The molecule has 0 bridgehead atoms. The number of phenols is 1. The van der Waals surface area contributed by atoms with E-state index in [4.69, 9.17) is 9.47 Å². The van der Waals surface area contributed by atoms with Crippen LogP contribution < -0.4 is 14.8 Å². The Morgan fingerprint density at radius 2 is 1.87 bits per heavy atom. The first-order chi connectivity index (χ1) is 7.22. The Hall–Kier alpha value is -1.42. The molecule has 0 heterocycles. The Kier molecular flexibility index (Phi) is 4.24. The van der Waals surface area contributed by atoms with Crippen molar-refractivity contribution >= 4 is 0 Å². The maximum absolute atomic E-state index is 9.61. The van der Waals surface area contributed by atoms with Gasteiger partial charge in [0.2, 0.25) is 0 Å². The maximum Gasteiger partial charge on any atom is 0.164 e.